The zero-order valence-corrected chi connectivity index (χ0v) is 22.6. The van der Waals surface area contributed by atoms with Gasteiger partial charge in [0, 0.05) is 16.7 Å². The number of phenols is 1. The van der Waals surface area contributed by atoms with Crippen molar-refractivity contribution < 1.29 is 28.9 Å². The second kappa shape index (κ2) is 8.20. The Morgan fingerprint density at radius 2 is 1.41 bits per heavy atom. The highest BCUT2D eigenvalue weighted by molar-refractivity contribution is 6.18. The lowest BCUT2D eigenvalue weighted by Gasteiger charge is -2.53. The van der Waals surface area contributed by atoms with Gasteiger partial charge in [0.2, 0.25) is 5.78 Å². The first-order chi connectivity index (χ1) is 15.4. The molecule has 2 atom stereocenters. The first-order valence-corrected chi connectivity index (χ1v) is 11.9. The first-order valence-electron chi connectivity index (χ1n) is 11.9. The van der Waals surface area contributed by atoms with E-state index < -0.39 is 22.2 Å². The summed E-state index contributed by atoms with van der Waals surface area (Å²) in [5.74, 6) is 0.329. The van der Waals surface area contributed by atoms with Crippen molar-refractivity contribution >= 4 is 11.6 Å². The van der Waals surface area contributed by atoms with Crippen molar-refractivity contribution in [3.63, 3.8) is 0 Å². The molecule has 0 amide bonds. The van der Waals surface area contributed by atoms with Crippen LogP contribution in [0.1, 0.15) is 84.6 Å². The SMILES string of the molecule is CC1=C(C)C(=O)[C@@]2(C)Oc3c(C)c(C)c(O)c(COC(C)(C)C)c3C[C@@]2(COC(C)(C)C)C1=O. The summed E-state index contributed by atoms with van der Waals surface area (Å²) in [5, 5.41) is 11.1. The van der Waals surface area contributed by atoms with Crippen molar-refractivity contribution in [1.29, 1.82) is 0 Å². The summed E-state index contributed by atoms with van der Waals surface area (Å²) < 4.78 is 18.8. The van der Waals surface area contributed by atoms with Crippen LogP contribution in [0.25, 0.3) is 0 Å². The van der Waals surface area contributed by atoms with Crippen molar-refractivity contribution in [1.82, 2.24) is 0 Å². The van der Waals surface area contributed by atoms with Crippen molar-refractivity contribution in [2.24, 2.45) is 5.41 Å². The summed E-state index contributed by atoms with van der Waals surface area (Å²) in [6, 6.07) is 0. The van der Waals surface area contributed by atoms with Crippen LogP contribution in [-0.2, 0) is 32.1 Å². The van der Waals surface area contributed by atoms with E-state index in [0.29, 0.717) is 33.6 Å². The Labute approximate surface area is 203 Å². The summed E-state index contributed by atoms with van der Waals surface area (Å²) in [6.07, 6.45) is 0.210. The Morgan fingerprint density at radius 3 is 1.94 bits per heavy atom. The van der Waals surface area contributed by atoms with Crippen LogP contribution in [-0.4, -0.2) is 40.1 Å². The summed E-state index contributed by atoms with van der Waals surface area (Å²) in [5.41, 5.74) is -0.0631. The van der Waals surface area contributed by atoms with Gasteiger partial charge in [0.15, 0.2) is 11.4 Å². The molecule has 0 aromatic heterocycles. The average Bonchev–Trinajstić information content (AvgIpc) is 2.72. The van der Waals surface area contributed by atoms with Gasteiger partial charge >= 0.3 is 0 Å². The quantitative estimate of drug-likeness (QED) is 0.640. The predicted molar refractivity (Wildman–Crippen MR) is 131 cm³/mol. The third-order valence-electron chi connectivity index (χ3n) is 7.39. The number of allylic oxidation sites excluding steroid dienone is 1. The molecule has 0 saturated carbocycles. The van der Waals surface area contributed by atoms with E-state index in [1.807, 2.05) is 55.4 Å². The van der Waals surface area contributed by atoms with Crippen LogP contribution < -0.4 is 4.74 Å². The van der Waals surface area contributed by atoms with Gasteiger partial charge in [0.25, 0.3) is 0 Å². The molecule has 1 heterocycles. The number of phenolic OH excluding ortho intramolecular Hbond substituents is 1. The number of carbonyl (C=O) groups is 2. The van der Waals surface area contributed by atoms with Gasteiger partial charge in [-0.1, -0.05) is 0 Å². The minimum absolute atomic E-state index is 0.0227. The topological polar surface area (TPSA) is 82.1 Å². The standard InChI is InChI=1S/C28H40O6/c1-15-16(2)22-19(20(21(15)29)13-32-25(5,6)7)12-28(14-33-26(8,9)10)24(31)18(4)17(3)23(30)27(28,11)34-22/h29H,12-14H2,1-11H3/t27-,28-/m1/s1. The van der Waals surface area contributed by atoms with Gasteiger partial charge in [-0.25, -0.2) is 0 Å². The number of fused-ring (bicyclic) bond motifs is 2. The van der Waals surface area contributed by atoms with Crippen molar-refractivity contribution in [3.8, 4) is 11.5 Å². The molecule has 1 aromatic rings. The molecule has 0 spiro atoms. The van der Waals surface area contributed by atoms with Crippen LogP contribution in [0.5, 0.6) is 11.5 Å². The van der Waals surface area contributed by atoms with Crippen LogP contribution in [0.2, 0.25) is 0 Å². The van der Waals surface area contributed by atoms with Crippen LogP contribution in [0.3, 0.4) is 0 Å². The predicted octanol–water partition coefficient (Wildman–Crippen LogP) is 5.31. The molecule has 34 heavy (non-hydrogen) atoms. The molecule has 0 unspecified atom stereocenters. The molecule has 0 saturated heterocycles. The number of carbonyl (C=O) groups excluding carboxylic acids is 2. The summed E-state index contributed by atoms with van der Waals surface area (Å²) in [7, 11) is 0. The van der Waals surface area contributed by atoms with E-state index in [1.165, 1.54) is 0 Å². The first kappa shape index (κ1) is 26.4. The maximum Gasteiger partial charge on any atom is 0.203 e. The van der Waals surface area contributed by atoms with E-state index in [-0.39, 0.29) is 37.0 Å². The molecule has 188 valence electrons. The van der Waals surface area contributed by atoms with Gasteiger partial charge in [0.05, 0.1) is 24.4 Å². The number of hydrogen-bond acceptors (Lipinski definition) is 6. The summed E-state index contributed by atoms with van der Waals surface area (Å²) in [4.78, 5) is 27.7. The van der Waals surface area contributed by atoms with Gasteiger partial charge in [-0.2, -0.15) is 0 Å². The molecule has 1 aliphatic carbocycles. The van der Waals surface area contributed by atoms with Crippen molar-refractivity contribution in [2.45, 2.75) is 106 Å². The van der Waals surface area contributed by atoms with Crippen LogP contribution >= 0.6 is 0 Å². The zero-order valence-electron chi connectivity index (χ0n) is 22.6. The maximum atomic E-state index is 14.0. The van der Waals surface area contributed by atoms with Crippen molar-refractivity contribution in [2.75, 3.05) is 6.61 Å². The van der Waals surface area contributed by atoms with E-state index in [4.69, 9.17) is 14.2 Å². The van der Waals surface area contributed by atoms with E-state index in [0.717, 1.165) is 5.56 Å². The molecular formula is C28H40O6. The van der Waals surface area contributed by atoms with Gasteiger partial charge < -0.3 is 19.3 Å². The Balaban J connectivity index is 2.30. The largest absolute Gasteiger partial charge is 0.507 e. The fourth-order valence-electron chi connectivity index (χ4n) is 4.83. The third kappa shape index (κ3) is 4.09. The molecule has 3 rings (SSSR count). The minimum atomic E-state index is -1.43. The summed E-state index contributed by atoms with van der Waals surface area (Å²) >= 11 is 0. The highest BCUT2D eigenvalue weighted by Crippen LogP contribution is 2.55. The van der Waals surface area contributed by atoms with E-state index in [1.54, 1.807) is 20.8 Å². The number of Topliss-reactive ketones (excluding diaryl/α,β-unsaturated/α-hetero) is 2. The lowest BCUT2D eigenvalue weighted by Crippen LogP contribution is -2.68. The fraction of sp³-hybridized carbons (Fsp3) is 0.643. The highest BCUT2D eigenvalue weighted by Gasteiger charge is 2.66. The number of ether oxygens (including phenoxy) is 3. The molecule has 6 heteroatoms. The number of rotatable bonds is 4. The molecule has 2 aliphatic rings. The molecular weight excluding hydrogens is 432 g/mol. The fourth-order valence-corrected chi connectivity index (χ4v) is 4.83. The van der Waals surface area contributed by atoms with Gasteiger partial charge in [-0.05, 0) is 99.3 Å². The van der Waals surface area contributed by atoms with E-state index in [9.17, 15) is 14.7 Å². The van der Waals surface area contributed by atoms with Crippen LogP contribution in [0.15, 0.2) is 11.1 Å². The maximum absolute atomic E-state index is 14.0. The number of aromatic hydroxyl groups is 1. The lowest BCUT2D eigenvalue weighted by atomic mass is 9.57. The Hall–Kier alpha value is -2.18. The molecule has 6 nitrogen and oxygen atoms in total. The molecule has 1 aliphatic heterocycles. The number of ketones is 2. The van der Waals surface area contributed by atoms with Gasteiger partial charge in [-0.15, -0.1) is 0 Å². The number of hydrogen-bond donors (Lipinski definition) is 1. The van der Waals surface area contributed by atoms with E-state index >= 15 is 0 Å². The third-order valence-corrected chi connectivity index (χ3v) is 7.39. The minimum Gasteiger partial charge on any atom is -0.507 e. The lowest BCUT2D eigenvalue weighted by molar-refractivity contribution is -0.172. The number of benzene rings is 1. The second-order valence-electron chi connectivity index (χ2n) is 12.0. The molecule has 0 radical (unpaired) electrons. The summed E-state index contributed by atoms with van der Waals surface area (Å²) in [6.45, 7) is 20.6. The van der Waals surface area contributed by atoms with Crippen molar-refractivity contribution in [3.05, 3.63) is 33.4 Å². The normalized spacial score (nSPS) is 25.3. The van der Waals surface area contributed by atoms with Crippen LogP contribution in [0, 0.1) is 19.3 Å². The van der Waals surface area contributed by atoms with Gasteiger partial charge in [-0.3, -0.25) is 9.59 Å². The molecule has 1 aromatic carbocycles. The Bertz CT molecular complexity index is 1080. The highest BCUT2D eigenvalue weighted by atomic mass is 16.5. The Morgan fingerprint density at radius 1 is 0.882 bits per heavy atom. The molecule has 0 fully saturated rings. The Kier molecular flexibility index (Phi) is 6.37. The second-order valence-corrected chi connectivity index (χ2v) is 12.0. The average molecular weight is 473 g/mol. The smallest absolute Gasteiger partial charge is 0.203 e. The van der Waals surface area contributed by atoms with Gasteiger partial charge in [0.1, 0.15) is 16.9 Å². The molecule has 0 bridgehead atoms. The zero-order chi connectivity index (χ0) is 26.0. The monoisotopic (exact) mass is 472 g/mol. The van der Waals surface area contributed by atoms with E-state index in [2.05, 4.69) is 0 Å². The molecule has 1 N–H and O–H groups in total. The van der Waals surface area contributed by atoms with Crippen LogP contribution in [0.4, 0.5) is 0 Å².